The maximum Gasteiger partial charge on any atom is 0.251 e. The molecule has 1 atom stereocenters. The van der Waals surface area contributed by atoms with Crippen LogP contribution in [0.25, 0.3) is 0 Å². The van der Waals surface area contributed by atoms with E-state index < -0.39 is 0 Å². The first-order valence-electron chi connectivity index (χ1n) is 9.35. The fourth-order valence-corrected chi connectivity index (χ4v) is 4.70. The third kappa shape index (κ3) is 3.10. The van der Waals surface area contributed by atoms with E-state index in [4.69, 9.17) is 9.47 Å². The lowest BCUT2D eigenvalue weighted by Gasteiger charge is -2.30. The van der Waals surface area contributed by atoms with Gasteiger partial charge in [0.25, 0.3) is 5.91 Å². The fraction of sp³-hybridized carbons (Fsp3) is 0.227. The van der Waals surface area contributed by atoms with Crippen LogP contribution in [0, 0.1) is 0 Å². The molecule has 0 saturated heterocycles. The number of anilines is 1. The number of nitrogens with one attached hydrogen (secondary N) is 1. The van der Waals surface area contributed by atoms with Gasteiger partial charge >= 0.3 is 0 Å². The summed E-state index contributed by atoms with van der Waals surface area (Å²) >= 11 is 1.73. The Labute approximate surface area is 167 Å². The minimum atomic E-state index is -0.104. The molecule has 0 spiro atoms. The number of ether oxygens (including phenoxy) is 2. The highest BCUT2D eigenvalue weighted by atomic mass is 32.1. The van der Waals surface area contributed by atoms with Crippen LogP contribution in [0.1, 0.15) is 26.8 Å². The van der Waals surface area contributed by atoms with Crippen LogP contribution >= 0.6 is 11.3 Å². The van der Waals surface area contributed by atoms with Gasteiger partial charge in [-0.3, -0.25) is 4.79 Å². The van der Waals surface area contributed by atoms with Crippen molar-refractivity contribution in [3.05, 3.63) is 76.0 Å². The highest BCUT2D eigenvalue weighted by molar-refractivity contribution is 7.10. The average Bonchev–Trinajstić information content (AvgIpc) is 3.48. The van der Waals surface area contributed by atoms with Gasteiger partial charge in [0.15, 0.2) is 11.5 Å². The smallest absolute Gasteiger partial charge is 0.251 e. The van der Waals surface area contributed by atoms with Gasteiger partial charge in [-0.2, -0.15) is 0 Å². The molecule has 28 heavy (non-hydrogen) atoms. The van der Waals surface area contributed by atoms with Crippen LogP contribution in [0.5, 0.6) is 11.5 Å². The number of fused-ring (bicyclic) bond motifs is 2. The van der Waals surface area contributed by atoms with Crippen LogP contribution in [-0.2, 0) is 6.42 Å². The van der Waals surface area contributed by atoms with Crippen molar-refractivity contribution in [3.63, 3.8) is 0 Å². The van der Waals surface area contributed by atoms with Crippen LogP contribution < -0.4 is 19.7 Å². The van der Waals surface area contributed by atoms with Gasteiger partial charge in [0.2, 0.25) is 6.79 Å². The summed E-state index contributed by atoms with van der Waals surface area (Å²) in [5, 5.41) is 5.20. The largest absolute Gasteiger partial charge is 0.454 e. The van der Waals surface area contributed by atoms with Crippen LogP contribution in [0.2, 0.25) is 0 Å². The third-order valence-electron chi connectivity index (χ3n) is 5.26. The number of hydrogen-bond acceptors (Lipinski definition) is 5. The molecule has 2 aliphatic rings. The first-order valence-corrected chi connectivity index (χ1v) is 10.2. The van der Waals surface area contributed by atoms with Crippen LogP contribution in [0.3, 0.4) is 0 Å². The number of nitrogens with zero attached hydrogens (tertiary/aromatic N) is 1. The highest BCUT2D eigenvalue weighted by Crippen LogP contribution is 2.36. The second-order valence-electron chi connectivity index (χ2n) is 6.88. The monoisotopic (exact) mass is 392 g/mol. The number of amides is 1. The molecular formula is C22H20N2O3S. The summed E-state index contributed by atoms with van der Waals surface area (Å²) in [5.74, 6) is 1.20. The molecule has 5 rings (SSSR count). The van der Waals surface area contributed by atoms with E-state index in [1.54, 1.807) is 29.5 Å². The normalized spacial score (nSPS) is 15.4. The zero-order valence-electron chi connectivity index (χ0n) is 15.3. The van der Waals surface area contributed by atoms with Gasteiger partial charge in [-0.05, 0) is 47.7 Å². The van der Waals surface area contributed by atoms with Gasteiger partial charge < -0.3 is 19.7 Å². The topological polar surface area (TPSA) is 50.8 Å². The lowest BCUT2D eigenvalue weighted by Crippen LogP contribution is -2.37. The van der Waals surface area contributed by atoms with Crippen molar-refractivity contribution in [2.24, 2.45) is 0 Å². The van der Waals surface area contributed by atoms with Gasteiger partial charge in [-0.15, -0.1) is 11.3 Å². The van der Waals surface area contributed by atoms with E-state index in [2.05, 4.69) is 52.0 Å². The SMILES string of the molecule is O=C(NC[C@H](c1cccs1)N1CCc2ccccc21)c1ccc2c(c1)OCO2. The molecule has 2 aromatic carbocycles. The number of rotatable bonds is 5. The molecule has 0 aliphatic carbocycles. The summed E-state index contributed by atoms with van der Waals surface area (Å²) < 4.78 is 10.7. The molecule has 142 valence electrons. The summed E-state index contributed by atoms with van der Waals surface area (Å²) in [4.78, 5) is 16.4. The summed E-state index contributed by atoms with van der Waals surface area (Å²) in [6.45, 7) is 1.71. The summed E-state index contributed by atoms with van der Waals surface area (Å²) in [5.41, 5.74) is 3.21. The van der Waals surface area contributed by atoms with E-state index in [-0.39, 0.29) is 18.7 Å². The molecule has 0 saturated carbocycles. The molecule has 1 aromatic heterocycles. The van der Waals surface area contributed by atoms with E-state index in [0.717, 1.165) is 13.0 Å². The number of carbonyl (C=O) groups is 1. The van der Waals surface area contributed by atoms with E-state index in [9.17, 15) is 4.79 Å². The van der Waals surface area contributed by atoms with Crippen molar-refractivity contribution in [2.75, 3.05) is 24.8 Å². The minimum absolute atomic E-state index is 0.104. The van der Waals surface area contributed by atoms with Crippen molar-refractivity contribution in [3.8, 4) is 11.5 Å². The quantitative estimate of drug-likeness (QED) is 0.713. The van der Waals surface area contributed by atoms with Gasteiger partial charge in [0.1, 0.15) is 0 Å². The summed E-state index contributed by atoms with van der Waals surface area (Å²) in [6.07, 6.45) is 1.04. The zero-order valence-corrected chi connectivity index (χ0v) is 16.1. The summed E-state index contributed by atoms with van der Waals surface area (Å²) in [6, 6.07) is 18.1. The zero-order chi connectivity index (χ0) is 18.9. The molecule has 6 heteroatoms. The van der Waals surface area contributed by atoms with Crippen LogP contribution in [0.4, 0.5) is 5.69 Å². The predicted molar refractivity (Wildman–Crippen MR) is 109 cm³/mol. The van der Waals surface area contributed by atoms with Gasteiger partial charge in [0.05, 0.1) is 6.04 Å². The number of carbonyl (C=O) groups excluding carboxylic acids is 1. The Morgan fingerprint density at radius 1 is 1.11 bits per heavy atom. The van der Waals surface area contributed by atoms with Crippen molar-refractivity contribution < 1.29 is 14.3 Å². The van der Waals surface area contributed by atoms with E-state index >= 15 is 0 Å². The lowest BCUT2D eigenvalue weighted by atomic mass is 10.1. The number of para-hydroxylation sites is 1. The molecule has 0 unspecified atom stereocenters. The van der Waals surface area contributed by atoms with Crippen molar-refractivity contribution in [1.82, 2.24) is 5.32 Å². The Balaban J connectivity index is 1.36. The van der Waals surface area contributed by atoms with Crippen LogP contribution in [-0.4, -0.2) is 25.8 Å². The van der Waals surface area contributed by atoms with Crippen molar-refractivity contribution in [1.29, 1.82) is 0 Å². The Morgan fingerprint density at radius 2 is 2.00 bits per heavy atom. The predicted octanol–water partition coefficient (Wildman–Crippen LogP) is 4.01. The fourth-order valence-electron chi connectivity index (χ4n) is 3.86. The van der Waals surface area contributed by atoms with Gasteiger partial charge in [-0.25, -0.2) is 0 Å². The Bertz CT molecular complexity index is 1000. The van der Waals surface area contributed by atoms with Crippen LogP contribution in [0.15, 0.2) is 60.0 Å². The molecule has 0 fully saturated rings. The van der Waals surface area contributed by atoms with E-state index in [1.807, 2.05) is 0 Å². The van der Waals surface area contributed by atoms with Crippen molar-refractivity contribution in [2.45, 2.75) is 12.5 Å². The molecule has 1 N–H and O–H groups in total. The Hall–Kier alpha value is -2.99. The molecule has 3 aromatic rings. The maximum atomic E-state index is 12.8. The summed E-state index contributed by atoms with van der Waals surface area (Å²) in [7, 11) is 0. The molecule has 0 bridgehead atoms. The van der Waals surface area contributed by atoms with Gasteiger partial charge in [0, 0.05) is 29.2 Å². The molecule has 0 radical (unpaired) electrons. The number of benzene rings is 2. The standard InChI is InChI=1S/C22H20N2O3S/c25-22(16-7-8-19-20(12-16)27-14-26-19)23-13-18(21-6-3-11-28-21)24-10-9-15-4-1-2-5-17(15)24/h1-8,11-12,18H,9-10,13-14H2,(H,23,25)/t18-/m1/s1. The van der Waals surface area contributed by atoms with Gasteiger partial charge in [-0.1, -0.05) is 24.3 Å². The lowest BCUT2D eigenvalue weighted by molar-refractivity contribution is 0.0950. The van der Waals surface area contributed by atoms with E-state index in [1.165, 1.54) is 16.1 Å². The second kappa shape index (κ2) is 7.20. The Morgan fingerprint density at radius 3 is 2.89 bits per heavy atom. The number of hydrogen-bond donors (Lipinski definition) is 1. The molecule has 3 heterocycles. The van der Waals surface area contributed by atoms with Crippen molar-refractivity contribution >= 4 is 22.9 Å². The minimum Gasteiger partial charge on any atom is -0.454 e. The first-order chi connectivity index (χ1) is 13.8. The van der Waals surface area contributed by atoms with E-state index in [0.29, 0.717) is 23.6 Å². The third-order valence-corrected chi connectivity index (χ3v) is 6.24. The Kier molecular flexibility index (Phi) is 4.41. The average molecular weight is 392 g/mol. The second-order valence-corrected chi connectivity index (χ2v) is 7.86. The molecular weight excluding hydrogens is 372 g/mol. The maximum absolute atomic E-state index is 12.8. The molecule has 5 nitrogen and oxygen atoms in total. The molecule has 2 aliphatic heterocycles. The number of thiophene rings is 1. The first kappa shape index (κ1) is 17.1. The highest BCUT2D eigenvalue weighted by Gasteiger charge is 2.28. The molecule has 1 amide bonds.